The van der Waals surface area contributed by atoms with Gasteiger partial charge in [-0.3, -0.25) is 19.3 Å². The van der Waals surface area contributed by atoms with Crippen LogP contribution in [0.15, 0.2) is 30.3 Å². The lowest BCUT2D eigenvalue weighted by Gasteiger charge is -2.43. The van der Waals surface area contributed by atoms with Crippen LogP contribution in [0.3, 0.4) is 0 Å². The van der Waals surface area contributed by atoms with E-state index in [0.29, 0.717) is 4.90 Å². The Morgan fingerprint density at radius 1 is 1.25 bits per heavy atom. The minimum Gasteiger partial charge on any atom is -0.480 e. The van der Waals surface area contributed by atoms with Crippen molar-refractivity contribution in [3.8, 4) is 0 Å². The van der Waals surface area contributed by atoms with Crippen LogP contribution in [-0.4, -0.2) is 50.5 Å². The zero-order valence-electron chi connectivity index (χ0n) is 13.2. The second kappa shape index (κ2) is 6.64. The van der Waals surface area contributed by atoms with Gasteiger partial charge in [0.1, 0.15) is 0 Å². The summed E-state index contributed by atoms with van der Waals surface area (Å²) in [6.07, 6.45) is 0.0261. The number of nitrogens with one attached hydrogen (secondary N) is 1. The maximum atomic E-state index is 12.1. The number of amides is 3. The summed E-state index contributed by atoms with van der Waals surface area (Å²) in [5.74, 6) is -3.29. The second-order valence-electron chi connectivity index (χ2n) is 6.10. The first kappa shape index (κ1) is 18.0. The van der Waals surface area contributed by atoms with Gasteiger partial charge >= 0.3 is 5.97 Å². The molecule has 24 heavy (non-hydrogen) atoms. The van der Waals surface area contributed by atoms with Crippen LogP contribution in [0.5, 0.6) is 0 Å². The molecule has 1 atom stereocenters. The summed E-state index contributed by atoms with van der Waals surface area (Å²) in [6, 6.07) is 6.12. The number of imide groups is 1. The molecule has 1 fully saturated rings. The summed E-state index contributed by atoms with van der Waals surface area (Å²) in [5, 5.41) is 11.6. The molecule has 0 aromatic heterocycles. The highest BCUT2D eigenvalue weighted by Gasteiger charge is 2.55. The molecule has 0 bridgehead atoms. The van der Waals surface area contributed by atoms with E-state index in [-0.39, 0.29) is 6.42 Å². The summed E-state index contributed by atoms with van der Waals surface area (Å²) in [5.41, 5.74) is 0.742. The molecule has 0 aliphatic carbocycles. The van der Waals surface area contributed by atoms with E-state index in [0.717, 1.165) is 5.56 Å². The Hall–Kier alpha value is -2.35. The minimum absolute atomic E-state index is 0.0261. The Morgan fingerprint density at radius 2 is 1.79 bits per heavy atom. The quantitative estimate of drug-likeness (QED) is 0.387. The van der Waals surface area contributed by atoms with Gasteiger partial charge in [-0.2, -0.15) is 12.6 Å². The molecule has 1 saturated heterocycles. The molecule has 0 saturated carbocycles. The van der Waals surface area contributed by atoms with E-state index in [4.69, 9.17) is 0 Å². The third-order valence-corrected chi connectivity index (χ3v) is 3.89. The first-order chi connectivity index (χ1) is 11.1. The Labute approximate surface area is 144 Å². The summed E-state index contributed by atoms with van der Waals surface area (Å²) >= 11 is 4.15. The lowest BCUT2D eigenvalue weighted by atomic mass is 9.94. The van der Waals surface area contributed by atoms with Gasteiger partial charge in [0.25, 0.3) is 11.8 Å². The van der Waals surface area contributed by atoms with Crippen molar-refractivity contribution in [3.63, 3.8) is 0 Å². The molecule has 7 nitrogen and oxygen atoms in total. The highest BCUT2D eigenvalue weighted by atomic mass is 32.1. The highest BCUT2D eigenvalue weighted by Crippen LogP contribution is 2.28. The van der Waals surface area contributed by atoms with E-state index in [1.165, 1.54) is 13.8 Å². The molecule has 0 spiro atoms. The summed E-state index contributed by atoms with van der Waals surface area (Å²) in [7, 11) is 0. The monoisotopic (exact) mass is 350 g/mol. The molecule has 0 unspecified atom stereocenters. The molecule has 8 heteroatoms. The summed E-state index contributed by atoms with van der Waals surface area (Å²) in [6.45, 7) is 2.99. The Bertz CT molecular complexity index is 667. The Balaban J connectivity index is 2.03. The van der Waals surface area contributed by atoms with Crippen LogP contribution in [-0.2, 0) is 25.6 Å². The van der Waals surface area contributed by atoms with Gasteiger partial charge in [-0.15, -0.1) is 0 Å². The van der Waals surface area contributed by atoms with Gasteiger partial charge in [0.15, 0.2) is 12.1 Å². The van der Waals surface area contributed by atoms with Gasteiger partial charge in [0.2, 0.25) is 5.91 Å². The molecule has 2 rings (SSSR count). The number of aliphatic carboxylic acids is 1. The minimum atomic E-state index is -1.40. The van der Waals surface area contributed by atoms with Crippen molar-refractivity contribution < 1.29 is 24.3 Å². The first-order valence-electron chi connectivity index (χ1n) is 7.28. The normalized spacial score (nSPS) is 16.5. The van der Waals surface area contributed by atoms with E-state index in [1.54, 1.807) is 24.3 Å². The summed E-state index contributed by atoms with van der Waals surface area (Å²) < 4.78 is -1.11. The number of carboxylic acid groups (broad SMARTS) is 1. The van der Waals surface area contributed by atoms with Crippen molar-refractivity contribution in [2.75, 3.05) is 0 Å². The Morgan fingerprint density at radius 3 is 2.25 bits per heavy atom. The smallest absolute Gasteiger partial charge is 0.328 e. The predicted octanol–water partition coefficient (Wildman–Crippen LogP) is 0.244. The van der Waals surface area contributed by atoms with Crippen molar-refractivity contribution in [1.82, 2.24) is 10.2 Å². The SMILES string of the molecule is CC(C)(S)[C@H](C(=O)O)N1C(=O)C(NC(=O)Cc2ccccc2)C1=O. The number of β-lactam (4-membered cyclic amide) rings is 2. The molecule has 1 aliphatic rings. The number of likely N-dealkylation sites (tertiary alicyclic amines) is 1. The standard InChI is InChI=1S/C16H18N2O5S/c1-16(2,24)12(15(22)23)18-13(20)11(14(18)21)17-10(19)8-9-6-4-3-5-7-9/h3-7,11-12,24H,8H2,1-2H3,(H,17,19)(H,22,23)/t12-/m0/s1. The molecule has 1 aliphatic heterocycles. The van der Waals surface area contributed by atoms with Crippen LogP contribution in [0.2, 0.25) is 0 Å². The maximum absolute atomic E-state index is 12.1. The number of carboxylic acids is 1. The van der Waals surface area contributed by atoms with Crippen molar-refractivity contribution in [3.05, 3.63) is 35.9 Å². The molecule has 128 valence electrons. The van der Waals surface area contributed by atoms with E-state index >= 15 is 0 Å². The number of carbonyl (C=O) groups is 4. The Kier molecular flexibility index (Phi) is 4.98. The van der Waals surface area contributed by atoms with Gasteiger partial charge in [-0.05, 0) is 19.4 Å². The van der Waals surface area contributed by atoms with Gasteiger partial charge in [-0.25, -0.2) is 4.79 Å². The van der Waals surface area contributed by atoms with E-state index in [2.05, 4.69) is 17.9 Å². The number of benzene rings is 1. The van der Waals surface area contributed by atoms with Crippen LogP contribution in [0.4, 0.5) is 0 Å². The fraction of sp³-hybridized carbons (Fsp3) is 0.375. The van der Waals surface area contributed by atoms with Crippen molar-refractivity contribution >= 4 is 36.3 Å². The van der Waals surface area contributed by atoms with Crippen LogP contribution in [0, 0.1) is 0 Å². The average molecular weight is 350 g/mol. The van der Waals surface area contributed by atoms with Crippen LogP contribution in [0.1, 0.15) is 19.4 Å². The largest absolute Gasteiger partial charge is 0.480 e. The molecule has 3 amide bonds. The van der Waals surface area contributed by atoms with Crippen molar-refractivity contribution in [2.24, 2.45) is 0 Å². The number of hydrogen-bond acceptors (Lipinski definition) is 5. The van der Waals surface area contributed by atoms with Gasteiger partial charge in [-0.1, -0.05) is 30.3 Å². The second-order valence-corrected chi connectivity index (χ2v) is 7.26. The molecule has 0 radical (unpaired) electrons. The molecule has 1 heterocycles. The van der Waals surface area contributed by atoms with Crippen LogP contribution < -0.4 is 5.32 Å². The number of thiol groups is 1. The molecule has 1 aromatic rings. The average Bonchev–Trinajstić information content (AvgIpc) is 2.49. The van der Waals surface area contributed by atoms with Crippen molar-refractivity contribution in [2.45, 2.75) is 37.1 Å². The lowest BCUT2D eigenvalue weighted by Crippen LogP contribution is -2.74. The fourth-order valence-electron chi connectivity index (χ4n) is 2.53. The number of rotatable bonds is 6. The first-order valence-corrected chi connectivity index (χ1v) is 7.73. The van der Waals surface area contributed by atoms with Gasteiger partial charge in [0, 0.05) is 4.75 Å². The maximum Gasteiger partial charge on any atom is 0.328 e. The highest BCUT2D eigenvalue weighted by molar-refractivity contribution is 7.81. The molecule has 1 aromatic carbocycles. The number of nitrogens with zero attached hydrogens (tertiary/aromatic N) is 1. The van der Waals surface area contributed by atoms with E-state index in [1.807, 2.05) is 6.07 Å². The molecule has 2 N–H and O–H groups in total. The lowest BCUT2D eigenvalue weighted by molar-refractivity contribution is -0.173. The zero-order chi connectivity index (χ0) is 18.1. The fourth-order valence-corrected chi connectivity index (χ4v) is 2.75. The van der Waals surface area contributed by atoms with Crippen LogP contribution >= 0.6 is 12.6 Å². The third kappa shape index (κ3) is 3.59. The number of carbonyl (C=O) groups excluding carboxylic acids is 3. The van der Waals surface area contributed by atoms with E-state index in [9.17, 15) is 24.3 Å². The zero-order valence-corrected chi connectivity index (χ0v) is 14.1. The third-order valence-electron chi connectivity index (χ3n) is 3.64. The summed E-state index contributed by atoms with van der Waals surface area (Å²) in [4.78, 5) is 48.2. The van der Waals surface area contributed by atoms with Gasteiger partial charge in [0.05, 0.1) is 6.42 Å². The van der Waals surface area contributed by atoms with Crippen LogP contribution in [0.25, 0.3) is 0 Å². The predicted molar refractivity (Wildman–Crippen MR) is 88.4 cm³/mol. The topological polar surface area (TPSA) is 104 Å². The van der Waals surface area contributed by atoms with Crippen molar-refractivity contribution in [1.29, 1.82) is 0 Å². The number of hydrogen-bond donors (Lipinski definition) is 3. The van der Waals surface area contributed by atoms with E-state index < -0.39 is 40.5 Å². The van der Waals surface area contributed by atoms with Gasteiger partial charge < -0.3 is 10.4 Å². The molecular formula is C16H18N2O5S. The molecular weight excluding hydrogens is 332 g/mol.